The lowest BCUT2D eigenvalue weighted by atomic mass is 9.94. The van der Waals surface area contributed by atoms with Crippen molar-refractivity contribution in [3.05, 3.63) is 0 Å². The number of aliphatic hydroxyl groups is 1. The lowest BCUT2D eigenvalue weighted by molar-refractivity contribution is 0.157. The minimum Gasteiger partial charge on any atom is -0.396 e. The number of hydrogen-bond donors (Lipinski definition) is 3. The molecular weight excluding hydrogens is 300 g/mol. The van der Waals surface area contributed by atoms with Crippen molar-refractivity contribution in [3.8, 4) is 0 Å². The van der Waals surface area contributed by atoms with Crippen molar-refractivity contribution in [1.29, 1.82) is 0 Å². The first-order valence-corrected chi connectivity index (χ1v) is 9.97. The maximum atomic E-state index is 9.26. The van der Waals surface area contributed by atoms with E-state index in [9.17, 15) is 5.11 Å². The lowest BCUT2D eigenvalue weighted by Gasteiger charge is -2.35. The number of piperidine rings is 1. The van der Waals surface area contributed by atoms with Gasteiger partial charge in [0.05, 0.1) is 0 Å². The SMILES string of the molecule is CCNC(=NCC(CCO)CC(C)C)NCC1CCCCN1CC. The fourth-order valence-electron chi connectivity index (χ4n) is 3.62. The molecular formula is C19H40N4O. The van der Waals surface area contributed by atoms with Crippen LogP contribution in [-0.4, -0.2) is 61.3 Å². The second-order valence-electron chi connectivity index (χ2n) is 7.39. The van der Waals surface area contributed by atoms with Crippen LogP contribution in [0.3, 0.4) is 0 Å². The molecule has 0 aromatic heterocycles. The minimum atomic E-state index is 0.254. The van der Waals surface area contributed by atoms with Gasteiger partial charge in [-0.1, -0.05) is 27.2 Å². The number of aliphatic imine (C=N–C) groups is 1. The summed E-state index contributed by atoms with van der Waals surface area (Å²) in [5.74, 6) is 2.03. The number of nitrogens with zero attached hydrogens (tertiary/aromatic N) is 2. The quantitative estimate of drug-likeness (QED) is 0.422. The molecule has 5 nitrogen and oxygen atoms in total. The highest BCUT2D eigenvalue weighted by Crippen LogP contribution is 2.16. The first-order valence-electron chi connectivity index (χ1n) is 9.97. The molecule has 0 bridgehead atoms. The van der Waals surface area contributed by atoms with Crippen LogP contribution in [0.5, 0.6) is 0 Å². The molecule has 3 N–H and O–H groups in total. The van der Waals surface area contributed by atoms with Gasteiger partial charge in [-0.05, 0) is 57.5 Å². The van der Waals surface area contributed by atoms with Gasteiger partial charge in [-0.15, -0.1) is 0 Å². The van der Waals surface area contributed by atoms with Gasteiger partial charge in [0.25, 0.3) is 0 Å². The third-order valence-electron chi connectivity index (χ3n) is 4.85. The molecule has 1 saturated heterocycles. The van der Waals surface area contributed by atoms with Crippen molar-refractivity contribution in [2.24, 2.45) is 16.8 Å². The van der Waals surface area contributed by atoms with Gasteiger partial charge in [0.2, 0.25) is 0 Å². The first-order chi connectivity index (χ1) is 11.6. The van der Waals surface area contributed by atoms with Gasteiger partial charge in [0.1, 0.15) is 0 Å². The molecule has 1 aliphatic rings. The van der Waals surface area contributed by atoms with E-state index in [1.807, 2.05) is 0 Å². The zero-order valence-corrected chi connectivity index (χ0v) is 16.4. The zero-order chi connectivity index (χ0) is 17.8. The van der Waals surface area contributed by atoms with Crippen molar-refractivity contribution in [3.63, 3.8) is 0 Å². The first kappa shape index (κ1) is 21.2. The molecule has 0 saturated carbocycles. The van der Waals surface area contributed by atoms with Crippen LogP contribution in [0.15, 0.2) is 4.99 Å². The molecule has 0 aromatic rings. The third-order valence-corrected chi connectivity index (χ3v) is 4.85. The highest BCUT2D eigenvalue weighted by Gasteiger charge is 2.20. The van der Waals surface area contributed by atoms with Crippen LogP contribution < -0.4 is 10.6 Å². The largest absolute Gasteiger partial charge is 0.396 e. The monoisotopic (exact) mass is 340 g/mol. The molecule has 2 atom stereocenters. The normalized spacial score (nSPS) is 21.1. The van der Waals surface area contributed by atoms with Crippen molar-refractivity contribution >= 4 is 5.96 Å². The van der Waals surface area contributed by atoms with Gasteiger partial charge >= 0.3 is 0 Å². The Hall–Kier alpha value is -0.810. The summed E-state index contributed by atoms with van der Waals surface area (Å²) in [6, 6.07) is 0.622. The fourth-order valence-corrected chi connectivity index (χ4v) is 3.62. The number of hydrogen-bond acceptors (Lipinski definition) is 3. The topological polar surface area (TPSA) is 59.9 Å². The summed E-state index contributed by atoms with van der Waals surface area (Å²) in [4.78, 5) is 7.36. The van der Waals surface area contributed by atoms with Gasteiger partial charge in [-0.3, -0.25) is 9.89 Å². The Morgan fingerprint density at radius 3 is 2.67 bits per heavy atom. The Labute approximate surface area is 149 Å². The number of aliphatic hydroxyl groups excluding tert-OH is 1. The van der Waals surface area contributed by atoms with E-state index < -0.39 is 0 Å². The second kappa shape index (κ2) is 12.5. The summed E-state index contributed by atoms with van der Waals surface area (Å²) in [7, 11) is 0. The standard InChI is InChI=1S/C19H40N4O/c1-5-20-19(21-14-17(10-12-24)13-16(3)4)22-15-18-9-7-8-11-23(18)6-2/h16-18,24H,5-15H2,1-4H3,(H2,20,21,22). The summed E-state index contributed by atoms with van der Waals surface area (Å²) in [6.45, 7) is 14.1. The molecule has 0 spiro atoms. The maximum Gasteiger partial charge on any atom is 0.191 e. The number of likely N-dealkylation sites (tertiary alicyclic amines) is 1. The van der Waals surface area contributed by atoms with Crippen molar-refractivity contribution in [2.75, 3.05) is 39.3 Å². The van der Waals surface area contributed by atoms with Crippen LogP contribution in [0, 0.1) is 11.8 Å². The Bertz CT molecular complexity index is 346. The van der Waals surface area contributed by atoms with Crippen LogP contribution in [0.1, 0.15) is 59.8 Å². The predicted octanol–water partition coefficient (Wildman–Crippen LogP) is 2.46. The number of guanidine groups is 1. The molecule has 0 aromatic carbocycles. The summed E-state index contributed by atoms with van der Waals surface area (Å²) < 4.78 is 0. The van der Waals surface area contributed by atoms with E-state index in [-0.39, 0.29) is 6.61 Å². The molecule has 0 aliphatic carbocycles. The summed E-state index contributed by atoms with van der Waals surface area (Å²) in [6.07, 6.45) is 5.91. The maximum absolute atomic E-state index is 9.26. The number of rotatable bonds is 10. The van der Waals surface area contributed by atoms with E-state index in [1.54, 1.807) is 0 Å². The highest BCUT2D eigenvalue weighted by atomic mass is 16.3. The number of likely N-dealkylation sites (N-methyl/N-ethyl adjacent to an activating group) is 1. The Balaban J connectivity index is 2.53. The summed E-state index contributed by atoms with van der Waals surface area (Å²) in [5.41, 5.74) is 0. The van der Waals surface area contributed by atoms with Gasteiger partial charge < -0.3 is 15.7 Å². The summed E-state index contributed by atoms with van der Waals surface area (Å²) >= 11 is 0. The van der Waals surface area contributed by atoms with E-state index in [0.717, 1.165) is 45.0 Å². The van der Waals surface area contributed by atoms with Crippen LogP contribution in [0.25, 0.3) is 0 Å². The van der Waals surface area contributed by atoms with Crippen LogP contribution in [0.2, 0.25) is 0 Å². The number of nitrogens with one attached hydrogen (secondary N) is 2. The Kier molecular flexibility index (Phi) is 11.1. The third kappa shape index (κ3) is 8.34. The molecule has 0 amide bonds. The lowest BCUT2D eigenvalue weighted by Crippen LogP contribution is -2.49. The smallest absolute Gasteiger partial charge is 0.191 e. The van der Waals surface area contributed by atoms with E-state index in [2.05, 4.69) is 43.2 Å². The molecule has 24 heavy (non-hydrogen) atoms. The Morgan fingerprint density at radius 1 is 1.25 bits per heavy atom. The second-order valence-corrected chi connectivity index (χ2v) is 7.39. The highest BCUT2D eigenvalue weighted by molar-refractivity contribution is 5.79. The fraction of sp³-hybridized carbons (Fsp3) is 0.947. The average molecular weight is 341 g/mol. The molecule has 0 radical (unpaired) electrons. The van der Waals surface area contributed by atoms with Gasteiger partial charge in [0, 0.05) is 32.3 Å². The van der Waals surface area contributed by atoms with Crippen LogP contribution >= 0.6 is 0 Å². The van der Waals surface area contributed by atoms with E-state index >= 15 is 0 Å². The van der Waals surface area contributed by atoms with E-state index in [4.69, 9.17) is 4.99 Å². The van der Waals surface area contributed by atoms with Crippen molar-refractivity contribution in [2.45, 2.75) is 65.8 Å². The Morgan fingerprint density at radius 2 is 2.04 bits per heavy atom. The van der Waals surface area contributed by atoms with Gasteiger partial charge in [-0.25, -0.2) is 0 Å². The molecule has 1 aliphatic heterocycles. The zero-order valence-electron chi connectivity index (χ0n) is 16.4. The predicted molar refractivity (Wildman–Crippen MR) is 104 cm³/mol. The molecule has 1 fully saturated rings. The summed E-state index contributed by atoms with van der Waals surface area (Å²) in [5, 5.41) is 16.2. The van der Waals surface area contributed by atoms with Crippen LogP contribution in [-0.2, 0) is 0 Å². The van der Waals surface area contributed by atoms with Crippen molar-refractivity contribution < 1.29 is 5.11 Å². The minimum absolute atomic E-state index is 0.254. The average Bonchev–Trinajstić information content (AvgIpc) is 2.57. The van der Waals surface area contributed by atoms with Gasteiger partial charge in [0.15, 0.2) is 5.96 Å². The van der Waals surface area contributed by atoms with Crippen LogP contribution in [0.4, 0.5) is 0 Å². The van der Waals surface area contributed by atoms with Crippen molar-refractivity contribution in [1.82, 2.24) is 15.5 Å². The molecule has 142 valence electrons. The van der Waals surface area contributed by atoms with E-state index in [1.165, 1.54) is 25.8 Å². The van der Waals surface area contributed by atoms with Gasteiger partial charge in [-0.2, -0.15) is 0 Å². The molecule has 2 unspecified atom stereocenters. The molecule has 1 rings (SSSR count). The van der Waals surface area contributed by atoms with E-state index in [0.29, 0.717) is 17.9 Å². The molecule has 5 heteroatoms. The molecule has 1 heterocycles.